The van der Waals surface area contributed by atoms with E-state index in [-0.39, 0.29) is 0 Å². The van der Waals surface area contributed by atoms with Crippen LogP contribution >= 0.6 is 0 Å². The number of hydrogen-bond acceptors (Lipinski definition) is 3. The fourth-order valence-corrected chi connectivity index (χ4v) is 0.708. The smallest absolute Gasteiger partial charge is 0.319 e. The molecule has 0 rings (SSSR count). The van der Waals surface area contributed by atoms with Crippen molar-refractivity contribution >= 4 is 11.9 Å². The van der Waals surface area contributed by atoms with Crippen molar-refractivity contribution in [1.82, 2.24) is 0 Å². The van der Waals surface area contributed by atoms with Crippen molar-refractivity contribution < 1.29 is 19.8 Å². The Labute approximate surface area is 63.8 Å². The molecule has 5 nitrogen and oxygen atoms in total. The monoisotopic (exact) mass is 161 g/mol. The number of hydrogen-bond donors (Lipinski definition) is 3. The van der Waals surface area contributed by atoms with Gasteiger partial charge >= 0.3 is 11.9 Å². The summed E-state index contributed by atoms with van der Waals surface area (Å²) in [6, 6.07) is -0.815. The lowest BCUT2D eigenvalue weighted by molar-refractivity contribution is -0.155. The summed E-state index contributed by atoms with van der Waals surface area (Å²) in [5, 5.41) is 16.8. The number of carboxylic acids is 2. The molecule has 64 valence electrons. The Morgan fingerprint density at radius 2 is 1.73 bits per heavy atom. The number of nitrogens with two attached hydrogens (primary N) is 1. The molecule has 11 heavy (non-hydrogen) atoms. The number of carboxylic acid groups (broad SMARTS) is 2. The van der Waals surface area contributed by atoms with Gasteiger partial charge in [-0.1, -0.05) is 6.92 Å². The highest BCUT2D eigenvalue weighted by molar-refractivity contribution is 5.93. The van der Waals surface area contributed by atoms with Gasteiger partial charge in [-0.2, -0.15) is 0 Å². The van der Waals surface area contributed by atoms with E-state index in [2.05, 4.69) is 0 Å². The standard InChI is InChI=1S/C6H11NO4/c1-2-3(7)4(5(8)9)6(10)11/h3-4H,2,7H2,1H3,(H,8,9)(H,10,11). The summed E-state index contributed by atoms with van der Waals surface area (Å²) < 4.78 is 0. The van der Waals surface area contributed by atoms with E-state index in [1.807, 2.05) is 0 Å². The molecular formula is C6H11NO4. The number of carbonyl (C=O) groups is 2. The van der Waals surface area contributed by atoms with Gasteiger partial charge in [0.1, 0.15) is 0 Å². The third-order valence-corrected chi connectivity index (χ3v) is 1.43. The van der Waals surface area contributed by atoms with Crippen molar-refractivity contribution in [2.75, 3.05) is 0 Å². The molecular weight excluding hydrogens is 150 g/mol. The van der Waals surface area contributed by atoms with E-state index in [9.17, 15) is 9.59 Å². The summed E-state index contributed by atoms with van der Waals surface area (Å²) in [4.78, 5) is 20.6. The maximum atomic E-state index is 10.3. The zero-order valence-electron chi connectivity index (χ0n) is 6.15. The van der Waals surface area contributed by atoms with Gasteiger partial charge < -0.3 is 15.9 Å². The summed E-state index contributed by atoms with van der Waals surface area (Å²) in [7, 11) is 0. The molecule has 0 radical (unpaired) electrons. The Morgan fingerprint density at radius 1 is 1.36 bits per heavy atom. The van der Waals surface area contributed by atoms with Crippen molar-refractivity contribution in [3.8, 4) is 0 Å². The predicted octanol–water partition coefficient (Wildman–Crippen LogP) is -0.491. The van der Waals surface area contributed by atoms with E-state index in [0.717, 1.165) is 0 Å². The van der Waals surface area contributed by atoms with Crippen molar-refractivity contribution in [2.45, 2.75) is 19.4 Å². The minimum absolute atomic E-state index is 0.337. The molecule has 1 atom stereocenters. The zero-order chi connectivity index (χ0) is 9.02. The fraction of sp³-hybridized carbons (Fsp3) is 0.667. The van der Waals surface area contributed by atoms with Gasteiger partial charge in [-0.25, -0.2) is 0 Å². The molecule has 0 saturated heterocycles. The second-order valence-corrected chi connectivity index (χ2v) is 2.23. The highest BCUT2D eigenvalue weighted by Crippen LogP contribution is 2.05. The lowest BCUT2D eigenvalue weighted by Gasteiger charge is -2.13. The van der Waals surface area contributed by atoms with Gasteiger partial charge in [-0.3, -0.25) is 9.59 Å². The van der Waals surface area contributed by atoms with E-state index < -0.39 is 23.9 Å². The van der Waals surface area contributed by atoms with Crippen molar-refractivity contribution in [1.29, 1.82) is 0 Å². The SMILES string of the molecule is CCC(N)C(C(=O)O)C(=O)O. The summed E-state index contributed by atoms with van der Waals surface area (Å²) in [5.41, 5.74) is 5.26. The van der Waals surface area contributed by atoms with Crippen LogP contribution in [0.3, 0.4) is 0 Å². The minimum atomic E-state index is -1.49. The van der Waals surface area contributed by atoms with Gasteiger partial charge in [0.15, 0.2) is 5.92 Å². The highest BCUT2D eigenvalue weighted by Gasteiger charge is 2.31. The first-order valence-electron chi connectivity index (χ1n) is 3.21. The van der Waals surface area contributed by atoms with Crippen LogP contribution in [0.25, 0.3) is 0 Å². The number of aliphatic carboxylic acids is 2. The Kier molecular flexibility index (Phi) is 3.53. The van der Waals surface area contributed by atoms with Crippen LogP contribution in [0, 0.1) is 5.92 Å². The zero-order valence-corrected chi connectivity index (χ0v) is 6.15. The molecule has 0 fully saturated rings. The molecule has 0 aliphatic rings. The van der Waals surface area contributed by atoms with Gasteiger partial charge in [-0.05, 0) is 6.42 Å². The first kappa shape index (κ1) is 9.90. The molecule has 0 aromatic rings. The van der Waals surface area contributed by atoms with Crippen LogP contribution in [-0.4, -0.2) is 28.2 Å². The Balaban J connectivity index is 4.34. The molecule has 0 aliphatic heterocycles. The summed E-state index contributed by atoms with van der Waals surface area (Å²) >= 11 is 0. The average Bonchev–Trinajstić information content (AvgIpc) is 1.85. The minimum Gasteiger partial charge on any atom is -0.481 e. The van der Waals surface area contributed by atoms with Gasteiger partial charge in [0.05, 0.1) is 0 Å². The molecule has 0 amide bonds. The van der Waals surface area contributed by atoms with Crippen molar-refractivity contribution in [2.24, 2.45) is 11.7 Å². The molecule has 0 aromatic carbocycles. The quantitative estimate of drug-likeness (QED) is 0.483. The third kappa shape index (κ3) is 2.55. The lowest BCUT2D eigenvalue weighted by atomic mass is 9.99. The maximum absolute atomic E-state index is 10.3. The Hall–Kier alpha value is -1.10. The molecule has 1 unspecified atom stereocenters. The van der Waals surface area contributed by atoms with Crippen molar-refractivity contribution in [3.63, 3.8) is 0 Å². The van der Waals surface area contributed by atoms with E-state index in [4.69, 9.17) is 15.9 Å². The summed E-state index contributed by atoms with van der Waals surface area (Å²) in [6.07, 6.45) is 0.337. The molecule has 0 saturated carbocycles. The molecule has 4 N–H and O–H groups in total. The normalized spacial score (nSPS) is 13.0. The van der Waals surface area contributed by atoms with Crippen LogP contribution in [0.5, 0.6) is 0 Å². The first-order chi connectivity index (χ1) is 5.00. The van der Waals surface area contributed by atoms with Crippen molar-refractivity contribution in [3.05, 3.63) is 0 Å². The average molecular weight is 161 g/mol. The van der Waals surface area contributed by atoms with Gasteiger partial charge in [-0.15, -0.1) is 0 Å². The van der Waals surface area contributed by atoms with Crippen LogP contribution in [0.2, 0.25) is 0 Å². The Morgan fingerprint density at radius 3 is 1.82 bits per heavy atom. The summed E-state index contributed by atoms with van der Waals surface area (Å²) in [5.74, 6) is -4.25. The largest absolute Gasteiger partial charge is 0.481 e. The molecule has 0 bridgehead atoms. The highest BCUT2D eigenvalue weighted by atomic mass is 16.4. The van der Waals surface area contributed by atoms with E-state index >= 15 is 0 Å². The molecule has 0 spiro atoms. The second-order valence-electron chi connectivity index (χ2n) is 2.23. The second kappa shape index (κ2) is 3.92. The van der Waals surface area contributed by atoms with Gasteiger partial charge in [0.2, 0.25) is 0 Å². The van der Waals surface area contributed by atoms with Crippen LogP contribution in [0.15, 0.2) is 0 Å². The Bertz CT molecular complexity index is 154. The summed E-state index contributed by atoms with van der Waals surface area (Å²) in [6.45, 7) is 1.64. The number of rotatable bonds is 4. The van der Waals surface area contributed by atoms with E-state index in [0.29, 0.717) is 6.42 Å². The van der Waals surface area contributed by atoms with Gasteiger partial charge in [0.25, 0.3) is 0 Å². The van der Waals surface area contributed by atoms with E-state index in [1.165, 1.54) is 0 Å². The molecule has 5 heteroatoms. The molecule has 0 aliphatic carbocycles. The topological polar surface area (TPSA) is 101 Å². The predicted molar refractivity (Wildman–Crippen MR) is 37.0 cm³/mol. The fourth-order valence-electron chi connectivity index (χ4n) is 0.708. The van der Waals surface area contributed by atoms with Crippen LogP contribution in [0.1, 0.15) is 13.3 Å². The maximum Gasteiger partial charge on any atom is 0.319 e. The van der Waals surface area contributed by atoms with Crippen LogP contribution in [0.4, 0.5) is 0 Å². The first-order valence-corrected chi connectivity index (χ1v) is 3.21. The molecule has 0 heterocycles. The van der Waals surface area contributed by atoms with Gasteiger partial charge in [0, 0.05) is 6.04 Å². The van der Waals surface area contributed by atoms with E-state index in [1.54, 1.807) is 6.92 Å². The van der Waals surface area contributed by atoms with Crippen LogP contribution in [-0.2, 0) is 9.59 Å². The lowest BCUT2D eigenvalue weighted by Crippen LogP contribution is -2.40. The van der Waals surface area contributed by atoms with Crippen LogP contribution < -0.4 is 5.73 Å². The third-order valence-electron chi connectivity index (χ3n) is 1.43. The molecule has 0 aromatic heterocycles.